The average molecular weight is 1120 g/mol. The quantitative estimate of drug-likeness (QED) is 0.102. The number of rotatable bonds is 9. The summed E-state index contributed by atoms with van der Waals surface area (Å²) in [6, 6.07) is 15.0. The molecule has 3 fully saturated rings. The van der Waals surface area contributed by atoms with E-state index in [9.17, 15) is 28.8 Å². The highest BCUT2D eigenvalue weighted by Gasteiger charge is 2.25. The molecule has 12 rings (SSSR count). The Hall–Kier alpha value is -9.53. The number of nitrogens with two attached hydrogens (primary N) is 3. The molecule has 26 heteroatoms. The maximum Gasteiger partial charge on any atom is 0.300 e. The molecule has 3 unspecified atom stereocenters. The number of amides is 3. The van der Waals surface area contributed by atoms with Gasteiger partial charge in [-0.1, -0.05) is 18.2 Å². The van der Waals surface area contributed by atoms with Crippen molar-refractivity contribution in [2.24, 2.45) is 17.2 Å². The fourth-order valence-electron chi connectivity index (χ4n) is 10.4. The van der Waals surface area contributed by atoms with Gasteiger partial charge < -0.3 is 50.2 Å². The zero-order valence-corrected chi connectivity index (χ0v) is 45.4. The molecule has 3 aliphatic heterocycles. The molecule has 0 spiro atoms. The minimum absolute atomic E-state index is 0.00185. The first-order chi connectivity index (χ1) is 39.1. The van der Waals surface area contributed by atoms with Crippen molar-refractivity contribution >= 4 is 73.7 Å². The van der Waals surface area contributed by atoms with Crippen molar-refractivity contribution in [1.82, 2.24) is 41.9 Å². The lowest BCUT2D eigenvalue weighted by Crippen LogP contribution is -2.35. The topological polar surface area (TPSA) is 384 Å². The number of hydrogen-bond donors (Lipinski definition) is 7. The Morgan fingerprint density at radius 2 is 0.768 bits per heavy atom. The molecule has 0 aliphatic carbocycles. The predicted molar refractivity (Wildman–Crippen MR) is 298 cm³/mol. The number of carbonyl (C=O) groups is 4. The molecule has 3 aliphatic rings. The highest BCUT2D eigenvalue weighted by Crippen LogP contribution is 2.21. The van der Waals surface area contributed by atoms with Gasteiger partial charge in [0.1, 0.15) is 50.3 Å². The van der Waals surface area contributed by atoms with Crippen LogP contribution in [0.3, 0.4) is 0 Å². The number of ether oxygens (including phenoxy) is 3. The van der Waals surface area contributed by atoms with Gasteiger partial charge in [-0.15, -0.1) is 0 Å². The van der Waals surface area contributed by atoms with Crippen molar-refractivity contribution in [1.29, 1.82) is 16.2 Å². The fourth-order valence-corrected chi connectivity index (χ4v) is 10.4. The molecule has 3 saturated heterocycles. The Morgan fingerprint density at radius 3 is 0.988 bits per heavy atom. The van der Waals surface area contributed by atoms with Gasteiger partial charge in [-0.25, -0.2) is 15.0 Å². The summed E-state index contributed by atoms with van der Waals surface area (Å²) in [5.41, 5.74) is 20.5. The van der Waals surface area contributed by atoms with E-state index in [1.807, 2.05) is 39.0 Å². The molecule has 0 bridgehead atoms. The lowest BCUT2D eigenvalue weighted by molar-refractivity contribution is -0.134. The highest BCUT2D eigenvalue weighted by atomic mass is 16.5. The van der Waals surface area contributed by atoms with E-state index < -0.39 is 23.7 Å². The zero-order chi connectivity index (χ0) is 58.8. The van der Waals surface area contributed by atoms with E-state index in [0.717, 1.165) is 62.1 Å². The van der Waals surface area contributed by atoms with Crippen LogP contribution in [0.25, 0.3) is 50.0 Å². The number of hydrogen-bond acceptors (Lipinski definition) is 16. The molecular formula is C56H61N15O11. The van der Waals surface area contributed by atoms with E-state index >= 15 is 0 Å². The summed E-state index contributed by atoms with van der Waals surface area (Å²) in [6.45, 7) is 9.77. The SMILES string of the molecule is CC(=O)O.Cc1cccn2c(=O)c3cc(C(N)=O)c(=N)n(CC4CCCO4)c3nc12.Cc1cccn2c(=O)c3cc(C(N)=O)c(=N)n(CC4CCCO4)c3nc12.Cc1cccn2c(=O)c3cc(C(N)=O)c(=N)n(CC4CCCO4)c3nc12. The van der Waals surface area contributed by atoms with E-state index in [4.69, 9.17) is 57.5 Å². The number of fused-ring (bicyclic) bond motifs is 6. The van der Waals surface area contributed by atoms with Crippen molar-refractivity contribution in [2.75, 3.05) is 19.8 Å². The molecule has 9 aromatic heterocycles. The van der Waals surface area contributed by atoms with Crippen LogP contribution in [0.5, 0.6) is 0 Å². The first-order valence-corrected chi connectivity index (χ1v) is 26.4. The van der Waals surface area contributed by atoms with Crippen LogP contribution < -0.4 is 50.3 Å². The van der Waals surface area contributed by atoms with Crippen molar-refractivity contribution in [3.8, 4) is 0 Å². The van der Waals surface area contributed by atoms with Crippen LogP contribution >= 0.6 is 0 Å². The number of nitrogens with zero attached hydrogens (tertiary/aromatic N) is 9. The van der Waals surface area contributed by atoms with Crippen molar-refractivity contribution in [2.45, 2.75) is 104 Å². The number of carbonyl (C=O) groups excluding carboxylic acids is 3. The first-order valence-electron chi connectivity index (χ1n) is 26.4. The lowest BCUT2D eigenvalue weighted by Gasteiger charge is -2.17. The molecular weight excluding hydrogens is 1060 g/mol. The van der Waals surface area contributed by atoms with E-state index in [0.29, 0.717) is 73.3 Å². The van der Waals surface area contributed by atoms with Gasteiger partial charge in [0.25, 0.3) is 40.4 Å². The Morgan fingerprint density at radius 1 is 0.512 bits per heavy atom. The molecule has 426 valence electrons. The summed E-state index contributed by atoms with van der Waals surface area (Å²) in [4.78, 5) is 97.3. The standard InChI is InChI=1S/3C18H19N5O3.C2H4O2/c3*1-10-4-2-6-22-16(10)21-17-13(18(22)25)8-12(15(20)24)14(19)23(17)9-11-5-3-7-26-11;1-2(3)4/h3*2,4,6,8,11,19H,3,5,7,9H2,1H3,(H2,20,24);1H3,(H,3,4). The van der Waals surface area contributed by atoms with Gasteiger partial charge in [-0.3, -0.25) is 63.0 Å². The molecule has 82 heavy (non-hydrogen) atoms. The molecule has 9 aromatic rings. The molecule has 12 heterocycles. The second kappa shape index (κ2) is 23.7. The molecule has 26 nitrogen and oxygen atoms in total. The predicted octanol–water partition coefficient (Wildman–Crippen LogP) is 2.24. The van der Waals surface area contributed by atoms with Crippen LogP contribution in [0.15, 0.2) is 87.6 Å². The van der Waals surface area contributed by atoms with Crippen LogP contribution in [0, 0.1) is 37.0 Å². The third-order valence-corrected chi connectivity index (χ3v) is 14.4. The molecule has 10 N–H and O–H groups in total. The molecule has 3 amide bonds. The lowest BCUT2D eigenvalue weighted by atomic mass is 10.1. The third-order valence-electron chi connectivity index (χ3n) is 14.4. The summed E-state index contributed by atoms with van der Waals surface area (Å²) in [5, 5.41) is 33.4. The van der Waals surface area contributed by atoms with Crippen LogP contribution in [0.2, 0.25) is 0 Å². The normalized spacial score (nSPS) is 16.7. The van der Waals surface area contributed by atoms with Gasteiger partial charge in [0.2, 0.25) is 0 Å². The summed E-state index contributed by atoms with van der Waals surface area (Å²) in [6.07, 6.45) is 10.1. The number of aliphatic carboxylic acids is 1. The number of carboxylic acids is 1. The van der Waals surface area contributed by atoms with Gasteiger partial charge in [0.05, 0.1) is 70.8 Å². The van der Waals surface area contributed by atoms with Crippen LogP contribution in [-0.2, 0) is 38.6 Å². The third kappa shape index (κ3) is 11.3. The Bertz CT molecular complexity index is 4020. The number of aryl methyl sites for hydroxylation is 3. The Kier molecular flexibility index (Phi) is 16.5. The van der Waals surface area contributed by atoms with Gasteiger partial charge >= 0.3 is 0 Å². The number of primary amides is 3. The van der Waals surface area contributed by atoms with Gasteiger partial charge in [0, 0.05) is 45.3 Å². The van der Waals surface area contributed by atoms with E-state index in [1.54, 1.807) is 50.5 Å². The fraction of sp³-hybridized carbons (Fsp3) is 0.339. The molecule has 3 atom stereocenters. The minimum Gasteiger partial charge on any atom is -0.481 e. The number of nitrogens with one attached hydrogen (secondary N) is 3. The maximum absolute atomic E-state index is 13.0. The second-order valence-corrected chi connectivity index (χ2v) is 20.2. The summed E-state index contributed by atoms with van der Waals surface area (Å²) < 4.78 is 26.1. The average Bonchev–Trinajstić information content (AvgIpc) is 2.26. The van der Waals surface area contributed by atoms with E-state index in [1.165, 1.54) is 31.4 Å². The number of pyridine rings is 6. The molecule has 0 aromatic carbocycles. The van der Waals surface area contributed by atoms with E-state index in [-0.39, 0.29) is 84.3 Å². The Balaban J connectivity index is 0.000000143. The van der Waals surface area contributed by atoms with Crippen molar-refractivity contribution in [3.63, 3.8) is 0 Å². The van der Waals surface area contributed by atoms with Crippen LogP contribution in [0.1, 0.15) is 93.2 Å². The number of carboxylic acid groups (broad SMARTS) is 1. The number of aromatic nitrogens is 9. The van der Waals surface area contributed by atoms with Gasteiger partial charge in [-0.05, 0) is 112 Å². The van der Waals surface area contributed by atoms with Crippen LogP contribution in [0.4, 0.5) is 0 Å². The highest BCUT2D eigenvalue weighted by molar-refractivity contribution is 5.97. The second-order valence-electron chi connectivity index (χ2n) is 20.2. The molecule has 0 saturated carbocycles. The largest absolute Gasteiger partial charge is 0.481 e. The minimum atomic E-state index is -0.833. The summed E-state index contributed by atoms with van der Waals surface area (Å²) in [7, 11) is 0. The molecule has 0 radical (unpaired) electrons. The van der Waals surface area contributed by atoms with Crippen molar-refractivity contribution in [3.05, 3.63) is 154 Å². The Labute approximate surface area is 464 Å². The smallest absolute Gasteiger partial charge is 0.300 e. The van der Waals surface area contributed by atoms with Crippen molar-refractivity contribution < 1.29 is 38.5 Å². The summed E-state index contributed by atoms with van der Waals surface area (Å²) in [5.74, 6) is -3.06. The zero-order valence-electron chi connectivity index (χ0n) is 45.4. The maximum atomic E-state index is 13.0. The van der Waals surface area contributed by atoms with Gasteiger partial charge in [-0.2, -0.15) is 0 Å². The first kappa shape index (κ1) is 57.2. The van der Waals surface area contributed by atoms with Crippen LogP contribution in [-0.4, -0.2) is 109 Å². The summed E-state index contributed by atoms with van der Waals surface area (Å²) >= 11 is 0. The monoisotopic (exact) mass is 1120 g/mol. The van der Waals surface area contributed by atoms with E-state index in [2.05, 4.69) is 15.0 Å². The van der Waals surface area contributed by atoms with Gasteiger partial charge in [0.15, 0.2) is 0 Å².